The first-order chi connectivity index (χ1) is 16.4. The van der Waals surface area contributed by atoms with Crippen LogP contribution in [-0.4, -0.2) is 102 Å². The van der Waals surface area contributed by atoms with Gasteiger partial charge in [-0.2, -0.15) is 0 Å². The molecule has 1 aromatic heterocycles. The monoisotopic (exact) mass is 510 g/mol. The molecule has 0 radical (unpaired) electrons. The summed E-state index contributed by atoms with van der Waals surface area (Å²) in [7, 11) is 2.17. The average molecular weight is 512 g/mol. The number of amides is 2. The first-order valence-electron chi connectivity index (χ1n) is 12.6. The minimum absolute atomic E-state index is 0. The van der Waals surface area contributed by atoms with E-state index in [1.165, 1.54) is 12.8 Å². The Bertz CT molecular complexity index is 1020. The molecule has 2 amide bonds. The highest BCUT2D eigenvalue weighted by atomic mass is 35.5. The first kappa shape index (κ1) is 25.3. The van der Waals surface area contributed by atoms with Gasteiger partial charge < -0.3 is 19.7 Å². The molecule has 188 valence electrons. The van der Waals surface area contributed by atoms with Crippen LogP contribution in [-0.2, 0) is 4.79 Å². The van der Waals surface area contributed by atoms with Gasteiger partial charge in [-0.1, -0.05) is 24.9 Å². The molecule has 0 bridgehead atoms. The van der Waals surface area contributed by atoms with E-state index in [0.717, 1.165) is 39.0 Å². The molecule has 0 saturated carbocycles. The van der Waals surface area contributed by atoms with Gasteiger partial charge in [0.1, 0.15) is 12.2 Å². The van der Waals surface area contributed by atoms with Gasteiger partial charge in [0, 0.05) is 54.7 Å². The second-order valence-corrected chi connectivity index (χ2v) is 9.78. The number of piperidine rings is 1. The van der Waals surface area contributed by atoms with E-state index < -0.39 is 0 Å². The fraction of sp³-hybridized carbons (Fsp3) is 0.600. The Hall–Kier alpha value is -1.80. The van der Waals surface area contributed by atoms with Crippen molar-refractivity contribution < 1.29 is 11.0 Å². The van der Waals surface area contributed by atoms with Gasteiger partial charge in [-0.15, -0.1) is 12.4 Å². The maximum atomic E-state index is 13.4. The fourth-order valence-corrected chi connectivity index (χ4v) is 5.03. The van der Waals surface area contributed by atoms with E-state index in [0.29, 0.717) is 41.6 Å². The molecule has 0 aliphatic carbocycles. The third-order valence-electron chi connectivity index (χ3n) is 6.98. The number of likely N-dealkylation sites (tertiary alicyclic amines) is 1. The number of benzene rings is 1. The number of unbranched alkanes of at least 4 members (excludes halogenated alkanes) is 1. The Labute approximate surface area is 215 Å². The molecule has 34 heavy (non-hydrogen) atoms. The maximum Gasteiger partial charge on any atom is 0.270 e. The molecule has 3 heterocycles. The highest BCUT2D eigenvalue weighted by molar-refractivity contribution is 6.31. The largest absolute Gasteiger partial charge is 0.351 e. The first-order valence-corrected chi connectivity index (χ1v) is 12.5. The summed E-state index contributed by atoms with van der Waals surface area (Å²) in [5, 5.41) is 1.14. The van der Waals surface area contributed by atoms with E-state index in [-0.39, 0.29) is 42.5 Å². The van der Waals surface area contributed by atoms with E-state index in [1.54, 1.807) is 23.1 Å². The van der Waals surface area contributed by atoms with Gasteiger partial charge in [0.2, 0.25) is 5.91 Å². The zero-order valence-corrected chi connectivity index (χ0v) is 21.8. The third kappa shape index (κ3) is 6.45. The van der Waals surface area contributed by atoms with Gasteiger partial charge in [-0.05, 0) is 63.6 Å². The molecule has 1 N–H and O–H groups in total. The summed E-state index contributed by atoms with van der Waals surface area (Å²) in [6.45, 7) is 8.06. The van der Waals surface area contributed by atoms with Gasteiger partial charge in [-0.3, -0.25) is 14.5 Å². The third-order valence-corrected chi connectivity index (χ3v) is 7.22. The van der Waals surface area contributed by atoms with Crippen molar-refractivity contribution in [3.63, 3.8) is 0 Å². The zero-order chi connectivity index (χ0) is 24.2. The van der Waals surface area contributed by atoms with Crippen LogP contribution >= 0.6 is 24.0 Å². The van der Waals surface area contributed by atoms with E-state index in [4.69, 9.17) is 13.0 Å². The molecule has 0 atom stereocenters. The van der Waals surface area contributed by atoms with Gasteiger partial charge >= 0.3 is 0 Å². The van der Waals surface area contributed by atoms with Gasteiger partial charge in [-0.25, -0.2) is 0 Å². The van der Waals surface area contributed by atoms with Crippen LogP contribution < -0.4 is 0 Å². The van der Waals surface area contributed by atoms with Crippen molar-refractivity contribution >= 4 is 46.7 Å². The minimum Gasteiger partial charge on any atom is -0.351 e. The molecule has 2 aliphatic rings. The Balaban J connectivity index is 0.00000342. The lowest BCUT2D eigenvalue weighted by molar-refractivity contribution is -0.134. The summed E-state index contributed by atoms with van der Waals surface area (Å²) in [5.74, 6) is -0.317. The zero-order valence-electron chi connectivity index (χ0n) is 21.2. The molecular weight excluding hydrogens is 473 g/mol. The number of aromatic nitrogens is 1. The number of rotatable bonds is 7. The van der Waals surface area contributed by atoms with Crippen molar-refractivity contribution in [1.82, 2.24) is 24.6 Å². The van der Waals surface area contributed by atoms with Crippen LogP contribution in [0.1, 0.15) is 44.5 Å². The smallest absolute Gasteiger partial charge is 0.270 e. The number of carbonyl (C=O) groups excluding carboxylic acids is 2. The summed E-state index contributed by atoms with van der Waals surface area (Å²) in [6.07, 6.45) is 4.11. The average Bonchev–Trinajstić information content (AvgIpc) is 3.17. The fourth-order valence-electron chi connectivity index (χ4n) is 4.86. The number of carbonyl (C=O) groups is 2. The van der Waals surface area contributed by atoms with Crippen LogP contribution in [0.25, 0.3) is 10.9 Å². The van der Waals surface area contributed by atoms with Crippen LogP contribution in [0.5, 0.6) is 0 Å². The number of aromatic amines is 1. The lowest BCUT2D eigenvalue weighted by Crippen LogP contribution is -2.55. The predicted molar refractivity (Wildman–Crippen MR) is 140 cm³/mol. The molecule has 0 spiro atoms. The number of hydrogen-bond donors (Lipinski definition) is 1. The molecule has 4 rings (SSSR count). The van der Waals surface area contributed by atoms with Crippen molar-refractivity contribution in [2.75, 3.05) is 59.4 Å². The van der Waals surface area contributed by atoms with Gasteiger partial charge in [0.05, 0.1) is 1.37 Å². The lowest BCUT2D eigenvalue weighted by atomic mass is 10.0. The Morgan fingerprint density at radius 3 is 2.56 bits per heavy atom. The highest BCUT2D eigenvalue weighted by Gasteiger charge is 2.29. The summed E-state index contributed by atoms with van der Waals surface area (Å²) in [5.41, 5.74) is 0.915. The number of piperazine rings is 1. The SMILES string of the molecule is Cl.[2H]c1c(C(=O)N(CCCC)CC(=O)N2CCN(C3CCN(C)CC3)CC2)[nH]c2ccc(Cl)cc12. The van der Waals surface area contributed by atoms with Crippen molar-refractivity contribution in [3.05, 3.63) is 35.0 Å². The number of hydrogen-bond acceptors (Lipinski definition) is 4. The van der Waals surface area contributed by atoms with Crippen LogP contribution in [0.2, 0.25) is 5.02 Å². The predicted octanol–water partition coefficient (Wildman–Crippen LogP) is 3.72. The molecule has 2 fully saturated rings. The minimum atomic E-state index is -0.302. The topological polar surface area (TPSA) is 62.9 Å². The van der Waals surface area contributed by atoms with Gasteiger partial charge in [0.15, 0.2) is 0 Å². The Kier molecular flexibility index (Phi) is 9.11. The molecule has 9 heteroatoms. The van der Waals surface area contributed by atoms with Gasteiger partial charge in [0.25, 0.3) is 5.91 Å². The van der Waals surface area contributed by atoms with Crippen LogP contribution in [0, 0.1) is 0 Å². The maximum absolute atomic E-state index is 13.4. The van der Waals surface area contributed by atoms with Crippen molar-refractivity contribution in [2.45, 2.75) is 38.6 Å². The van der Waals surface area contributed by atoms with Crippen LogP contribution in [0.3, 0.4) is 0 Å². The van der Waals surface area contributed by atoms with Crippen molar-refractivity contribution in [3.8, 4) is 0 Å². The summed E-state index contributed by atoms with van der Waals surface area (Å²) < 4.78 is 8.49. The van der Waals surface area contributed by atoms with Crippen LogP contribution in [0.15, 0.2) is 24.2 Å². The van der Waals surface area contributed by atoms with Crippen molar-refractivity contribution in [1.29, 1.82) is 0 Å². The molecule has 2 aliphatic heterocycles. The van der Waals surface area contributed by atoms with Crippen LogP contribution in [0.4, 0.5) is 0 Å². The number of halogens is 2. The standard InChI is InChI=1S/C25H36ClN5O2.ClH/c1-3-4-9-31(25(33)23-17-19-16-20(26)5-6-22(19)27-23)18-24(32)30-14-12-29(13-15-30)21-7-10-28(2)11-8-21;/h5-6,16-17,21,27H,3-4,7-15,18H2,1-2H3;1H/i17D;. The van der Waals surface area contributed by atoms with Crippen molar-refractivity contribution in [2.24, 2.45) is 0 Å². The molecular formula is C25H37Cl2N5O2. The molecule has 7 nitrogen and oxygen atoms in total. The summed E-state index contributed by atoms with van der Waals surface area (Å²) >= 11 is 6.08. The molecule has 2 saturated heterocycles. The lowest BCUT2D eigenvalue weighted by Gasteiger charge is -2.42. The van der Waals surface area contributed by atoms with E-state index in [2.05, 4.69) is 28.8 Å². The molecule has 1 aromatic carbocycles. The molecule has 2 aromatic rings. The van der Waals surface area contributed by atoms with E-state index in [1.807, 2.05) is 4.90 Å². The number of nitrogens with one attached hydrogen (secondary N) is 1. The quantitative estimate of drug-likeness (QED) is 0.616. The Morgan fingerprint density at radius 1 is 1.18 bits per heavy atom. The number of fused-ring (bicyclic) bond motifs is 1. The normalized spacial score (nSPS) is 18.6. The highest BCUT2D eigenvalue weighted by Crippen LogP contribution is 2.21. The molecule has 0 unspecified atom stereocenters. The summed E-state index contributed by atoms with van der Waals surface area (Å²) in [6, 6.07) is 5.94. The second-order valence-electron chi connectivity index (χ2n) is 9.35. The second kappa shape index (κ2) is 12.2. The summed E-state index contributed by atoms with van der Waals surface area (Å²) in [4.78, 5) is 38.0. The van der Waals surface area contributed by atoms with E-state index in [9.17, 15) is 9.59 Å². The number of H-pyrrole nitrogens is 1. The number of nitrogens with zero attached hydrogens (tertiary/aromatic N) is 4. The Morgan fingerprint density at radius 2 is 1.88 bits per heavy atom. The van der Waals surface area contributed by atoms with E-state index >= 15 is 0 Å².